The van der Waals surface area contributed by atoms with Crippen molar-refractivity contribution in [1.82, 2.24) is 29.2 Å². The number of rotatable bonds is 7. The number of aromatic nitrogens is 5. The minimum absolute atomic E-state index is 0.0783. The molecule has 0 spiro atoms. The van der Waals surface area contributed by atoms with Crippen LogP contribution < -0.4 is 5.69 Å². The van der Waals surface area contributed by atoms with E-state index < -0.39 is 59.4 Å². The van der Waals surface area contributed by atoms with Crippen LogP contribution in [0.15, 0.2) is 41.7 Å². The Morgan fingerprint density at radius 1 is 0.975 bits per heavy atom. The normalized spacial score (nSPS) is 15.2. The number of carbonyl (C=O) groups is 1. The topological polar surface area (TPSA) is 85.9 Å². The van der Waals surface area contributed by atoms with Gasteiger partial charge in [0.25, 0.3) is 5.91 Å². The van der Waals surface area contributed by atoms with E-state index in [2.05, 4.69) is 15.1 Å². The number of benzene rings is 1. The molecule has 0 aliphatic heterocycles. The summed E-state index contributed by atoms with van der Waals surface area (Å²) in [7, 11) is 0. The second-order valence-electron chi connectivity index (χ2n) is 9.21. The highest BCUT2D eigenvalue weighted by molar-refractivity contribution is 5.95. The molecule has 4 rings (SSSR count). The van der Waals surface area contributed by atoms with Crippen LogP contribution in [0.5, 0.6) is 0 Å². The Labute approximate surface area is 219 Å². The summed E-state index contributed by atoms with van der Waals surface area (Å²) in [5.74, 6) is -1.65. The summed E-state index contributed by atoms with van der Waals surface area (Å²) < 4.78 is 120. The Morgan fingerprint density at radius 3 is 2.08 bits per heavy atom. The van der Waals surface area contributed by atoms with E-state index >= 15 is 0 Å². The number of halogens is 9. The van der Waals surface area contributed by atoms with Gasteiger partial charge >= 0.3 is 24.2 Å². The van der Waals surface area contributed by atoms with E-state index in [-0.39, 0.29) is 34.6 Å². The van der Waals surface area contributed by atoms with Crippen molar-refractivity contribution >= 4 is 5.91 Å². The van der Waals surface area contributed by atoms with E-state index in [0.717, 1.165) is 17.3 Å². The molecule has 3 aromatic rings. The van der Waals surface area contributed by atoms with Gasteiger partial charge in [-0.25, -0.2) is 9.78 Å². The average Bonchev–Trinajstić information content (AvgIpc) is 3.62. The fourth-order valence-electron chi connectivity index (χ4n) is 3.97. The summed E-state index contributed by atoms with van der Waals surface area (Å²) in [6, 6.07) is -0.674. The van der Waals surface area contributed by atoms with Gasteiger partial charge in [0.2, 0.25) is 0 Å². The van der Waals surface area contributed by atoms with Gasteiger partial charge in [0.15, 0.2) is 5.82 Å². The smallest absolute Gasteiger partial charge is 0.330 e. The number of amides is 1. The highest BCUT2D eigenvalue weighted by Gasteiger charge is 2.39. The molecule has 1 atom stereocenters. The van der Waals surface area contributed by atoms with Crippen LogP contribution in [0.3, 0.4) is 0 Å². The number of hydrogen-bond acceptors (Lipinski definition) is 5. The minimum Gasteiger partial charge on any atom is -0.330 e. The second-order valence-corrected chi connectivity index (χ2v) is 9.21. The molecule has 40 heavy (non-hydrogen) atoms. The Balaban J connectivity index is 1.77. The van der Waals surface area contributed by atoms with Crippen LogP contribution in [-0.4, -0.2) is 47.8 Å². The molecule has 1 unspecified atom stereocenters. The van der Waals surface area contributed by atoms with E-state index in [1.807, 2.05) is 0 Å². The summed E-state index contributed by atoms with van der Waals surface area (Å²) >= 11 is 0. The molecular formula is C23H19F9N6O2. The lowest BCUT2D eigenvalue weighted by atomic mass is 10.0. The Kier molecular flexibility index (Phi) is 7.44. The quantitative estimate of drug-likeness (QED) is 0.365. The number of carbonyl (C=O) groups excluding carboxylic acids is 1. The average molecular weight is 582 g/mol. The summed E-state index contributed by atoms with van der Waals surface area (Å²) in [5.41, 5.74) is -5.64. The first-order chi connectivity index (χ1) is 18.5. The first kappa shape index (κ1) is 29.1. The van der Waals surface area contributed by atoms with Crippen LogP contribution in [0.1, 0.15) is 53.0 Å². The van der Waals surface area contributed by atoms with Gasteiger partial charge in [0.1, 0.15) is 18.6 Å². The van der Waals surface area contributed by atoms with Crippen LogP contribution in [0.2, 0.25) is 0 Å². The molecule has 1 aliphatic rings. The first-order valence-electron chi connectivity index (χ1n) is 11.6. The fourth-order valence-corrected chi connectivity index (χ4v) is 3.97. The monoisotopic (exact) mass is 582 g/mol. The summed E-state index contributed by atoms with van der Waals surface area (Å²) in [6.45, 7) is -0.380. The van der Waals surface area contributed by atoms with Crippen molar-refractivity contribution < 1.29 is 44.3 Å². The van der Waals surface area contributed by atoms with Crippen molar-refractivity contribution in [2.45, 2.75) is 50.9 Å². The molecule has 1 aliphatic carbocycles. The van der Waals surface area contributed by atoms with E-state index in [4.69, 9.17) is 0 Å². The Hall–Kier alpha value is -3.92. The lowest BCUT2D eigenvalue weighted by Gasteiger charge is -2.30. The van der Waals surface area contributed by atoms with Gasteiger partial charge in [-0.2, -0.15) is 49.3 Å². The van der Waals surface area contributed by atoms with Crippen LogP contribution >= 0.6 is 0 Å². The van der Waals surface area contributed by atoms with Crippen molar-refractivity contribution in [1.29, 1.82) is 0 Å². The number of nitrogens with zero attached hydrogens (tertiary/aromatic N) is 6. The predicted octanol–water partition coefficient (Wildman–Crippen LogP) is 5.04. The molecule has 216 valence electrons. The van der Waals surface area contributed by atoms with Crippen molar-refractivity contribution in [3.8, 4) is 5.82 Å². The summed E-state index contributed by atoms with van der Waals surface area (Å²) in [5, 5.41) is 3.64. The molecule has 2 heterocycles. The van der Waals surface area contributed by atoms with Gasteiger partial charge in [0, 0.05) is 24.5 Å². The fraction of sp³-hybridized carbons (Fsp3) is 0.435. The largest absolute Gasteiger partial charge is 0.416 e. The van der Waals surface area contributed by atoms with Gasteiger partial charge in [-0.15, -0.1) is 0 Å². The molecule has 17 heteroatoms. The maximum absolute atomic E-state index is 13.5. The number of hydrogen-bond donors (Lipinski definition) is 0. The van der Waals surface area contributed by atoms with Gasteiger partial charge in [0.05, 0.1) is 17.2 Å². The highest BCUT2D eigenvalue weighted by Crippen LogP contribution is 2.38. The van der Waals surface area contributed by atoms with E-state index in [1.165, 1.54) is 6.92 Å². The van der Waals surface area contributed by atoms with Crippen molar-refractivity contribution in [3.05, 3.63) is 69.8 Å². The molecular weight excluding hydrogens is 563 g/mol. The van der Waals surface area contributed by atoms with Gasteiger partial charge in [-0.05, 0) is 43.9 Å². The van der Waals surface area contributed by atoms with Gasteiger partial charge in [-0.1, -0.05) is 0 Å². The van der Waals surface area contributed by atoms with Gasteiger partial charge in [-0.3, -0.25) is 14.3 Å². The summed E-state index contributed by atoms with van der Waals surface area (Å²) in [6.07, 6.45) is -11.0. The minimum atomic E-state index is -5.18. The molecule has 0 N–H and O–H groups in total. The SMILES string of the molecule is CC(c1nccnc1-n1ncn(CC(F)(F)F)c1=O)N(CC1CC1)C(=O)c1cc(C(F)(F)F)cc(C(F)(F)F)c1. The first-order valence-corrected chi connectivity index (χ1v) is 11.6. The van der Waals surface area contributed by atoms with E-state index in [0.29, 0.717) is 36.0 Å². The van der Waals surface area contributed by atoms with Crippen LogP contribution in [0, 0.1) is 5.92 Å². The lowest BCUT2D eigenvalue weighted by molar-refractivity contribution is -0.143. The zero-order valence-electron chi connectivity index (χ0n) is 20.3. The Morgan fingerprint density at radius 2 is 1.55 bits per heavy atom. The van der Waals surface area contributed by atoms with Crippen LogP contribution in [0.25, 0.3) is 5.82 Å². The van der Waals surface area contributed by atoms with Gasteiger partial charge < -0.3 is 4.90 Å². The second kappa shape index (κ2) is 10.2. The summed E-state index contributed by atoms with van der Waals surface area (Å²) in [4.78, 5) is 35.1. The predicted molar refractivity (Wildman–Crippen MR) is 118 cm³/mol. The van der Waals surface area contributed by atoms with Crippen molar-refractivity contribution in [3.63, 3.8) is 0 Å². The van der Waals surface area contributed by atoms with Crippen molar-refractivity contribution in [2.24, 2.45) is 5.92 Å². The third-order valence-electron chi connectivity index (χ3n) is 6.10. The highest BCUT2D eigenvalue weighted by atomic mass is 19.4. The van der Waals surface area contributed by atoms with Crippen LogP contribution in [-0.2, 0) is 18.9 Å². The zero-order chi connectivity index (χ0) is 29.6. The molecule has 0 saturated heterocycles. The number of alkyl halides is 9. The standard InChI is InChI=1S/C23H19F9N6O2/c1-12(17-18(34-5-4-33-17)38-20(40)36(11-35-38)10-21(24,25)26)37(9-13-2-3-13)19(39)14-6-15(22(27,28)29)8-16(7-14)23(30,31)32/h4-8,11-13H,2-3,9-10H2,1H3. The maximum Gasteiger partial charge on any atom is 0.416 e. The lowest BCUT2D eigenvalue weighted by Crippen LogP contribution is -2.37. The molecule has 1 fully saturated rings. The molecule has 0 bridgehead atoms. The zero-order valence-corrected chi connectivity index (χ0v) is 20.3. The maximum atomic E-state index is 13.5. The molecule has 2 aromatic heterocycles. The molecule has 0 radical (unpaired) electrons. The van der Waals surface area contributed by atoms with Crippen LogP contribution in [0.4, 0.5) is 39.5 Å². The Bertz CT molecular complexity index is 1420. The third-order valence-corrected chi connectivity index (χ3v) is 6.10. The molecule has 1 saturated carbocycles. The molecule has 8 nitrogen and oxygen atoms in total. The van der Waals surface area contributed by atoms with Crippen molar-refractivity contribution in [2.75, 3.05) is 6.54 Å². The third kappa shape index (κ3) is 6.44. The molecule has 1 aromatic carbocycles. The molecule has 1 amide bonds. The van der Waals surface area contributed by atoms with E-state index in [9.17, 15) is 49.1 Å². The van der Waals surface area contributed by atoms with E-state index in [1.54, 1.807) is 0 Å².